The lowest BCUT2D eigenvalue weighted by molar-refractivity contribution is 0.403. The standard InChI is InChI=1S/C15H23NOS/c1-12-3-4-15(17-2)14(9-12)11-16-10-13-5-7-18-8-6-13/h3-4,9,13,16H,5-8,10-11H2,1-2H3. The van der Waals surface area contributed by atoms with Gasteiger partial charge in [-0.05, 0) is 49.8 Å². The lowest BCUT2D eigenvalue weighted by Crippen LogP contribution is -2.25. The van der Waals surface area contributed by atoms with Crippen LogP contribution < -0.4 is 10.1 Å². The highest BCUT2D eigenvalue weighted by Gasteiger charge is 2.13. The summed E-state index contributed by atoms with van der Waals surface area (Å²) in [5, 5.41) is 3.58. The predicted molar refractivity (Wildman–Crippen MR) is 79.5 cm³/mol. The number of benzene rings is 1. The Morgan fingerprint density at radius 3 is 2.83 bits per heavy atom. The molecule has 1 aliphatic rings. The van der Waals surface area contributed by atoms with Crippen LogP contribution in [0.5, 0.6) is 5.75 Å². The third-order valence-electron chi connectivity index (χ3n) is 3.53. The molecule has 0 radical (unpaired) electrons. The molecule has 1 heterocycles. The highest BCUT2D eigenvalue weighted by Crippen LogP contribution is 2.23. The zero-order valence-electron chi connectivity index (χ0n) is 11.4. The van der Waals surface area contributed by atoms with Crippen LogP contribution >= 0.6 is 11.8 Å². The van der Waals surface area contributed by atoms with Crippen molar-refractivity contribution >= 4 is 11.8 Å². The van der Waals surface area contributed by atoms with Crippen molar-refractivity contribution in [2.24, 2.45) is 5.92 Å². The Hall–Kier alpha value is -0.670. The van der Waals surface area contributed by atoms with Gasteiger partial charge in [0.1, 0.15) is 5.75 Å². The summed E-state index contributed by atoms with van der Waals surface area (Å²) in [5.41, 5.74) is 2.56. The minimum atomic E-state index is 0.863. The minimum absolute atomic E-state index is 0.863. The fourth-order valence-corrected chi connectivity index (χ4v) is 3.61. The number of methoxy groups -OCH3 is 1. The van der Waals surface area contributed by atoms with Gasteiger partial charge in [0.05, 0.1) is 7.11 Å². The molecule has 2 nitrogen and oxygen atoms in total. The van der Waals surface area contributed by atoms with Gasteiger partial charge < -0.3 is 10.1 Å². The van der Waals surface area contributed by atoms with E-state index in [1.807, 2.05) is 0 Å². The third-order valence-corrected chi connectivity index (χ3v) is 4.57. The van der Waals surface area contributed by atoms with Crippen molar-refractivity contribution in [3.63, 3.8) is 0 Å². The summed E-state index contributed by atoms with van der Waals surface area (Å²) in [6, 6.07) is 6.37. The first-order valence-corrected chi connectivity index (χ1v) is 7.87. The van der Waals surface area contributed by atoms with Crippen LogP contribution in [0, 0.1) is 12.8 Å². The summed E-state index contributed by atoms with van der Waals surface area (Å²) in [5.74, 6) is 4.52. The van der Waals surface area contributed by atoms with Crippen LogP contribution in [-0.2, 0) is 6.54 Å². The third kappa shape index (κ3) is 3.92. The van der Waals surface area contributed by atoms with Crippen LogP contribution in [0.15, 0.2) is 18.2 Å². The first-order valence-electron chi connectivity index (χ1n) is 6.71. The van der Waals surface area contributed by atoms with Crippen LogP contribution in [0.25, 0.3) is 0 Å². The van der Waals surface area contributed by atoms with Crippen LogP contribution in [0.2, 0.25) is 0 Å². The normalized spacial score (nSPS) is 16.8. The first-order chi connectivity index (χ1) is 8.79. The van der Waals surface area contributed by atoms with Crippen molar-refractivity contribution in [3.8, 4) is 5.75 Å². The van der Waals surface area contributed by atoms with E-state index in [1.54, 1.807) is 7.11 Å². The van der Waals surface area contributed by atoms with Crippen LogP contribution in [0.3, 0.4) is 0 Å². The Balaban J connectivity index is 1.83. The molecule has 1 fully saturated rings. The van der Waals surface area contributed by atoms with E-state index >= 15 is 0 Å². The summed E-state index contributed by atoms with van der Waals surface area (Å²) in [4.78, 5) is 0. The quantitative estimate of drug-likeness (QED) is 0.883. The molecule has 0 spiro atoms. The second-order valence-electron chi connectivity index (χ2n) is 5.00. The number of ether oxygens (including phenoxy) is 1. The topological polar surface area (TPSA) is 21.3 Å². The lowest BCUT2D eigenvalue weighted by Gasteiger charge is -2.21. The van der Waals surface area contributed by atoms with Gasteiger partial charge in [-0.15, -0.1) is 0 Å². The van der Waals surface area contributed by atoms with E-state index in [-0.39, 0.29) is 0 Å². The molecule has 18 heavy (non-hydrogen) atoms. The van der Waals surface area contributed by atoms with Gasteiger partial charge >= 0.3 is 0 Å². The number of hydrogen-bond acceptors (Lipinski definition) is 3. The Kier molecular flexibility index (Phi) is 5.39. The van der Waals surface area contributed by atoms with Crippen molar-refractivity contribution in [2.45, 2.75) is 26.3 Å². The summed E-state index contributed by atoms with van der Waals surface area (Å²) in [7, 11) is 1.74. The van der Waals surface area contributed by atoms with Crippen LogP contribution in [0.4, 0.5) is 0 Å². The highest BCUT2D eigenvalue weighted by molar-refractivity contribution is 7.99. The zero-order chi connectivity index (χ0) is 12.8. The maximum absolute atomic E-state index is 5.40. The van der Waals surface area contributed by atoms with E-state index in [2.05, 4.69) is 42.2 Å². The molecule has 0 aliphatic carbocycles. The van der Waals surface area contributed by atoms with Crippen molar-refractivity contribution in [1.82, 2.24) is 5.32 Å². The number of rotatable bonds is 5. The first kappa shape index (κ1) is 13.8. The minimum Gasteiger partial charge on any atom is -0.496 e. The number of hydrogen-bond donors (Lipinski definition) is 1. The largest absolute Gasteiger partial charge is 0.496 e. The highest BCUT2D eigenvalue weighted by atomic mass is 32.2. The van der Waals surface area contributed by atoms with Crippen molar-refractivity contribution in [1.29, 1.82) is 0 Å². The molecular formula is C15H23NOS. The molecule has 0 amide bonds. The molecule has 0 bridgehead atoms. The number of nitrogens with one attached hydrogen (secondary N) is 1. The van der Waals surface area contributed by atoms with E-state index in [0.29, 0.717) is 0 Å². The average Bonchev–Trinajstić information content (AvgIpc) is 2.40. The van der Waals surface area contributed by atoms with Crippen LogP contribution in [-0.4, -0.2) is 25.2 Å². The Labute approximate surface area is 114 Å². The van der Waals surface area contributed by atoms with E-state index in [0.717, 1.165) is 24.8 Å². The van der Waals surface area contributed by atoms with Crippen molar-refractivity contribution < 1.29 is 4.74 Å². The molecule has 1 aromatic rings. The maximum Gasteiger partial charge on any atom is 0.123 e. The molecule has 1 saturated heterocycles. The van der Waals surface area contributed by atoms with Gasteiger partial charge in [-0.2, -0.15) is 11.8 Å². The molecule has 1 aromatic carbocycles. The second kappa shape index (κ2) is 7.05. The molecule has 1 aliphatic heterocycles. The lowest BCUT2D eigenvalue weighted by atomic mass is 10.0. The van der Waals surface area contributed by atoms with Gasteiger partial charge in [-0.3, -0.25) is 0 Å². The smallest absolute Gasteiger partial charge is 0.123 e. The molecule has 0 aromatic heterocycles. The van der Waals surface area contributed by atoms with Gasteiger partial charge in [-0.25, -0.2) is 0 Å². The van der Waals surface area contributed by atoms with Gasteiger partial charge in [0, 0.05) is 12.1 Å². The molecule has 0 unspecified atom stereocenters. The monoisotopic (exact) mass is 265 g/mol. The predicted octanol–water partition coefficient (Wildman–Crippen LogP) is 3.24. The van der Waals surface area contributed by atoms with Crippen molar-refractivity contribution in [2.75, 3.05) is 25.2 Å². The van der Waals surface area contributed by atoms with Gasteiger partial charge in [0.2, 0.25) is 0 Å². The zero-order valence-corrected chi connectivity index (χ0v) is 12.2. The average molecular weight is 265 g/mol. The number of thioether (sulfide) groups is 1. The summed E-state index contributed by atoms with van der Waals surface area (Å²) in [6.07, 6.45) is 2.73. The SMILES string of the molecule is COc1ccc(C)cc1CNCC1CCSCC1. The molecule has 100 valence electrons. The van der Waals surface area contributed by atoms with Gasteiger partial charge in [0.15, 0.2) is 0 Å². The molecule has 2 rings (SSSR count). The van der Waals surface area contributed by atoms with E-state index < -0.39 is 0 Å². The molecular weight excluding hydrogens is 242 g/mol. The summed E-state index contributed by atoms with van der Waals surface area (Å²) in [6.45, 7) is 4.17. The summed E-state index contributed by atoms with van der Waals surface area (Å²) < 4.78 is 5.40. The summed E-state index contributed by atoms with van der Waals surface area (Å²) >= 11 is 2.09. The fourth-order valence-electron chi connectivity index (χ4n) is 2.41. The van der Waals surface area contributed by atoms with Gasteiger partial charge in [-0.1, -0.05) is 17.7 Å². The maximum atomic E-state index is 5.40. The molecule has 0 atom stereocenters. The van der Waals surface area contributed by atoms with E-state index in [9.17, 15) is 0 Å². The Morgan fingerprint density at radius 2 is 2.11 bits per heavy atom. The van der Waals surface area contributed by atoms with E-state index in [4.69, 9.17) is 4.74 Å². The molecule has 3 heteroatoms. The van der Waals surface area contributed by atoms with Gasteiger partial charge in [0.25, 0.3) is 0 Å². The second-order valence-corrected chi connectivity index (χ2v) is 6.23. The molecule has 0 saturated carbocycles. The Morgan fingerprint density at radius 1 is 1.33 bits per heavy atom. The fraction of sp³-hybridized carbons (Fsp3) is 0.600. The Bertz CT molecular complexity index is 375. The van der Waals surface area contributed by atoms with Crippen LogP contribution in [0.1, 0.15) is 24.0 Å². The van der Waals surface area contributed by atoms with E-state index in [1.165, 1.54) is 35.5 Å². The van der Waals surface area contributed by atoms with Crippen molar-refractivity contribution in [3.05, 3.63) is 29.3 Å². The number of aryl methyl sites for hydroxylation is 1. The molecule has 1 N–H and O–H groups in total.